The van der Waals surface area contributed by atoms with Crippen molar-refractivity contribution in [2.24, 2.45) is 4.99 Å². The minimum atomic E-state index is 0.969. The fraction of sp³-hybridized carbons (Fsp3) is 0.250. The van der Waals surface area contributed by atoms with E-state index < -0.39 is 0 Å². The van der Waals surface area contributed by atoms with Crippen LogP contribution in [-0.2, 0) is 0 Å². The standard InChI is InChI=1S/C4H7BN2/c1-6-4-5-2-3-7-4/h2-3,5H,1H3,(H,6,7). The van der Waals surface area contributed by atoms with Gasteiger partial charge in [-0.05, 0) is 0 Å². The summed E-state index contributed by atoms with van der Waals surface area (Å²) in [5.41, 5.74) is 1.06. The number of aliphatic imine (C=N–C) groups is 1. The highest BCUT2D eigenvalue weighted by atomic mass is 14.9. The summed E-state index contributed by atoms with van der Waals surface area (Å²) in [6.45, 7) is 0. The van der Waals surface area contributed by atoms with Crippen molar-refractivity contribution in [3.05, 3.63) is 12.2 Å². The van der Waals surface area contributed by atoms with E-state index in [1.807, 2.05) is 19.2 Å². The molecule has 0 unspecified atom stereocenters. The third-order valence-corrected chi connectivity index (χ3v) is 0.936. The van der Waals surface area contributed by atoms with E-state index in [0.29, 0.717) is 0 Å². The van der Waals surface area contributed by atoms with Gasteiger partial charge in [-0.3, -0.25) is 4.99 Å². The van der Waals surface area contributed by atoms with Crippen LogP contribution in [0.1, 0.15) is 0 Å². The lowest BCUT2D eigenvalue weighted by Gasteiger charge is -1.91. The van der Waals surface area contributed by atoms with Gasteiger partial charge in [0.1, 0.15) is 0 Å². The maximum absolute atomic E-state index is 3.98. The molecule has 3 heteroatoms. The topological polar surface area (TPSA) is 24.4 Å². The molecule has 0 aromatic rings. The Labute approximate surface area is 43.6 Å². The predicted molar refractivity (Wildman–Crippen MR) is 32.8 cm³/mol. The van der Waals surface area contributed by atoms with Crippen LogP contribution in [0, 0.1) is 0 Å². The van der Waals surface area contributed by atoms with Crippen molar-refractivity contribution >= 4 is 13.0 Å². The van der Waals surface area contributed by atoms with E-state index in [0.717, 1.165) is 13.0 Å². The Balaban J connectivity index is 2.45. The number of rotatable bonds is 0. The predicted octanol–water partition coefficient (Wildman–Crippen LogP) is -0.517. The van der Waals surface area contributed by atoms with Gasteiger partial charge in [-0.25, -0.2) is 0 Å². The van der Waals surface area contributed by atoms with Crippen LogP contribution < -0.4 is 5.32 Å². The molecule has 1 aliphatic rings. The second-order valence-corrected chi connectivity index (χ2v) is 1.41. The van der Waals surface area contributed by atoms with Crippen molar-refractivity contribution in [1.29, 1.82) is 0 Å². The smallest absolute Gasteiger partial charge is 0.230 e. The van der Waals surface area contributed by atoms with E-state index in [-0.39, 0.29) is 0 Å². The van der Waals surface area contributed by atoms with E-state index in [1.165, 1.54) is 0 Å². The minimum absolute atomic E-state index is 0.969. The first-order valence-corrected chi connectivity index (χ1v) is 2.33. The van der Waals surface area contributed by atoms with Gasteiger partial charge in [-0.2, -0.15) is 0 Å². The Morgan fingerprint density at radius 1 is 1.86 bits per heavy atom. The highest BCUT2D eigenvalue weighted by molar-refractivity contribution is 6.79. The van der Waals surface area contributed by atoms with Crippen molar-refractivity contribution in [2.45, 2.75) is 0 Å². The Hall–Kier alpha value is -0.725. The van der Waals surface area contributed by atoms with Gasteiger partial charge in [-0.1, -0.05) is 5.98 Å². The molecule has 0 saturated heterocycles. The van der Waals surface area contributed by atoms with Gasteiger partial charge in [0.2, 0.25) is 7.28 Å². The van der Waals surface area contributed by atoms with Gasteiger partial charge in [0, 0.05) is 13.2 Å². The van der Waals surface area contributed by atoms with Crippen LogP contribution in [0.5, 0.6) is 0 Å². The van der Waals surface area contributed by atoms with E-state index >= 15 is 0 Å². The Morgan fingerprint density at radius 3 is 3.00 bits per heavy atom. The summed E-state index contributed by atoms with van der Waals surface area (Å²) in [5, 5.41) is 2.95. The van der Waals surface area contributed by atoms with Crippen molar-refractivity contribution in [1.82, 2.24) is 5.32 Å². The lowest BCUT2D eigenvalue weighted by atomic mass is 9.79. The second kappa shape index (κ2) is 1.82. The van der Waals surface area contributed by atoms with E-state index in [2.05, 4.69) is 10.3 Å². The Morgan fingerprint density at radius 2 is 2.71 bits per heavy atom. The first-order chi connectivity index (χ1) is 3.43. The van der Waals surface area contributed by atoms with Crippen LogP contribution in [-0.4, -0.2) is 20.1 Å². The lowest BCUT2D eigenvalue weighted by molar-refractivity contribution is 1.19. The molecule has 0 radical (unpaired) electrons. The third-order valence-electron chi connectivity index (χ3n) is 0.936. The maximum atomic E-state index is 3.98. The van der Waals surface area contributed by atoms with Crippen molar-refractivity contribution in [3.63, 3.8) is 0 Å². The number of nitrogens with zero attached hydrogens (tertiary/aromatic N) is 1. The molecule has 2 nitrogen and oxygen atoms in total. The van der Waals surface area contributed by atoms with Gasteiger partial charge in [-0.15, -0.1) is 0 Å². The van der Waals surface area contributed by atoms with Crippen LogP contribution in [0.4, 0.5) is 0 Å². The van der Waals surface area contributed by atoms with Crippen LogP contribution in [0.25, 0.3) is 0 Å². The zero-order valence-corrected chi connectivity index (χ0v) is 4.31. The Bertz CT molecular complexity index is 117. The molecule has 0 atom stereocenters. The van der Waals surface area contributed by atoms with Gasteiger partial charge in [0.05, 0.1) is 5.73 Å². The maximum Gasteiger partial charge on any atom is 0.230 e. The lowest BCUT2D eigenvalue weighted by Crippen LogP contribution is -2.21. The summed E-state index contributed by atoms with van der Waals surface area (Å²) in [6, 6.07) is 0. The SMILES string of the molecule is CNC1=NC=CB1. The average Bonchev–Trinajstić information content (AvgIpc) is 2.14. The fourth-order valence-corrected chi connectivity index (χ4v) is 0.526. The molecular weight excluding hydrogens is 86.9 g/mol. The molecule has 0 amide bonds. The van der Waals surface area contributed by atoms with Crippen molar-refractivity contribution < 1.29 is 0 Å². The number of nitrogens with one attached hydrogen (secondary N) is 1. The number of hydrogen-bond donors (Lipinski definition) is 1. The highest BCUT2D eigenvalue weighted by Gasteiger charge is 1.96. The molecule has 0 aromatic heterocycles. The fourth-order valence-electron chi connectivity index (χ4n) is 0.526. The average molecular weight is 93.9 g/mol. The van der Waals surface area contributed by atoms with E-state index in [9.17, 15) is 0 Å². The zero-order chi connectivity index (χ0) is 5.11. The van der Waals surface area contributed by atoms with Gasteiger partial charge in [0.15, 0.2) is 0 Å². The summed E-state index contributed by atoms with van der Waals surface area (Å²) in [6.07, 6.45) is 1.81. The van der Waals surface area contributed by atoms with Gasteiger partial charge >= 0.3 is 0 Å². The summed E-state index contributed by atoms with van der Waals surface area (Å²) in [5.74, 6) is 2.02. The molecule has 1 heterocycles. The molecule has 1 aliphatic heterocycles. The Kier molecular flexibility index (Phi) is 1.15. The van der Waals surface area contributed by atoms with Crippen molar-refractivity contribution in [2.75, 3.05) is 7.05 Å². The molecule has 0 fully saturated rings. The van der Waals surface area contributed by atoms with E-state index in [1.54, 1.807) is 0 Å². The molecular formula is C4H7BN2. The van der Waals surface area contributed by atoms with Gasteiger partial charge in [0.25, 0.3) is 0 Å². The summed E-state index contributed by atoms with van der Waals surface area (Å²) < 4.78 is 0. The minimum Gasteiger partial charge on any atom is -0.385 e. The summed E-state index contributed by atoms with van der Waals surface area (Å²) >= 11 is 0. The molecule has 1 N–H and O–H groups in total. The zero-order valence-electron chi connectivity index (χ0n) is 4.31. The first kappa shape index (κ1) is 4.43. The molecule has 0 spiro atoms. The molecule has 1 rings (SSSR count). The van der Waals surface area contributed by atoms with Crippen LogP contribution in [0.15, 0.2) is 17.2 Å². The van der Waals surface area contributed by atoms with Crippen LogP contribution in [0.2, 0.25) is 0 Å². The molecule has 0 bridgehead atoms. The molecule has 0 aliphatic carbocycles. The van der Waals surface area contributed by atoms with Crippen LogP contribution in [0.3, 0.4) is 0 Å². The van der Waals surface area contributed by atoms with Crippen LogP contribution >= 0.6 is 0 Å². The quantitative estimate of drug-likeness (QED) is 0.401. The van der Waals surface area contributed by atoms with Gasteiger partial charge < -0.3 is 5.32 Å². The van der Waals surface area contributed by atoms with E-state index in [4.69, 9.17) is 0 Å². The van der Waals surface area contributed by atoms with Crippen molar-refractivity contribution in [3.8, 4) is 0 Å². The third kappa shape index (κ3) is 0.826. The highest BCUT2D eigenvalue weighted by Crippen LogP contribution is 1.84. The second-order valence-electron chi connectivity index (χ2n) is 1.41. The molecule has 36 valence electrons. The monoisotopic (exact) mass is 94.1 g/mol. The summed E-state index contributed by atoms with van der Waals surface area (Å²) in [4.78, 5) is 3.98. The molecule has 0 saturated carbocycles. The normalized spacial score (nSPS) is 15.9. The number of hydrogen-bond acceptors (Lipinski definition) is 2. The first-order valence-electron chi connectivity index (χ1n) is 2.33. The molecule has 7 heavy (non-hydrogen) atoms. The summed E-state index contributed by atoms with van der Waals surface area (Å²) in [7, 11) is 2.85. The molecule has 0 aromatic carbocycles. The number of amidine groups is 1. The largest absolute Gasteiger partial charge is 0.385 e.